The third-order valence-corrected chi connectivity index (χ3v) is 15.3. The number of hydrogen-bond acceptors (Lipinski definition) is 9. The van der Waals surface area contributed by atoms with Crippen LogP contribution >= 0.6 is 0 Å². The maximum Gasteiger partial charge on any atom is 0.169 e. The van der Waals surface area contributed by atoms with Crippen molar-refractivity contribution >= 4 is 72.2 Å². The van der Waals surface area contributed by atoms with Crippen LogP contribution in [0.5, 0.6) is 0 Å². The molecule has 0 amide bonds. The SMILES string of the molecule is O=C(C(CN1CCN(c2ccc3ccccc3n2)CC1)N1CC=C(c2c[nH]c3ccccc23)CC1)C(CN1CCN(c2ccc3ccccc3n2)CC1)N1CC=C(c2c[nH]c3ccccc23)CC1. The Labute approximate surface area is 398 Å². The molecule has 12 rings (SSSR count). The van der Waals surface area contributed by atoms with Gasteiger partial charge < -0.3 is 19.8 Å². The second-order valence-electron chi connectivity index (χ2n) is 19.2. The smallest absolute Gasteiger partial charge is 0.169 e. The Bertz CT molecular complexity index is 2940. The number of carbonyl (C=O) groups excluding carboxylic acids is 1. The van der Waals surface area contributed by atoms with E-state index in [0.717, 1.165) is 149 Å². The van der Waals surface area contributed by atoms with E-state index < -0.39 is 0 Å². The number of anilines is 2. The van der Waals surface area contributed by atoms with E-state index >= 15 is 4.79 Å². The monoisotopic (exact) mass is 900 g/mol. The van der Waals surface area contributed by atoms with Crippen LogP contribution in [0, 0.1) is 0 Å². The van der Waals surface area contributed by atoms with Gasteiger partial charge in [-0.2, -0.15) is 0 Å². The molecule has 2 atom stereocenters. The first-order valence-electron chi connectivity index (χ1n) is 24.8. The van der Waals surface area contributed by atoms with Gasteiger partial charge in [0.2, 0.25) is 0 Å². The number of Topliss-reactive ketones (excluding diaryl/α,β-unsaturated/α-hetero) is 1. The molecule has 2 saturated heterocycles. The van der Waals surface area contributed by atoms with Crippen LogP contribution in [-0.2, 0) is 4.79 Å². The molecule has 11 nitrogen and oxygen atoms in total. The van der Waals surface area contributed by atoms with Crippen molar-refractivity contribution in [3.8, 4) is 0 Å². The standard InChI is InChI=1S/C57H60N10O/c68-57(53(64-25-21-41(22-26-64)47-37-58-51-15-7-3-11-45(47)51)39-62-29-33-66(34-30-62)55-19-17-43-9-1-5-13-49(43)60-55)54(65-27-23-42(24-28-65)48-38-59-52-16-8-4-12-46(48)52)40-63-31-35-67(36-32-63)56-20-18-44-10-2-6-14-50(44)61-56/h1-21,23,37-38,53-54,58-59H,22,24-36,39-40H2. The number of carbonyl (C=O) groups is 1. The van der Waals surface area contributed by atoms with Crippen molar-refractivity contribution in [3.05, 3.63) is 157 Å². The summed E-state index contributed by atoms with van der Waals surface area (Å²) in [5.41, 5.74) is 9.68. The summed E-state index contributed by atoms with van der Waals surface area (Å²) in [6, 6.07) is 42.1. The van der Waals surface area contributed by atoms with Gasteiger partial charge in [-0.3, -0.25) is 24.4 Å². The van der Waals surface area contributed by atoms with Crippen molar-refractivity contribution in [1.82, 2.24) is 39.5 Å². The Morgan fingerprint density at radius 2 is 0.912 bits per heavy atom. The highest BCUT2D eigenvalue weighted by atomic mass is 16.1. The predicted molar refractivity (Wildman–Crippen MR) is 278 cm³/mol. The molecule has 2 N–H and O–H groups in total. The van der Waals surface area contributed by atoms with Crippen molar-refractivity contribution in [2.24, 2.45) is 0 Å². The van der Waals surface area contributed by atoms with E-state index in [9.17, 15) is 0 Å². The van der Waals surface area contributed by atoms with Gasteiger partial charge in [-0.05, 0) is 72.5 Å². The van der Waals surface area contributed by atoms with Crippen molar-refractivity contribution in [1.29, 1.82) is 0 Å². The van der Waals surface area contributed by atoms with Crippen LogP contribution in [-0.4, -0.2) is 149 Å². The number of hydrogen-bond donors (Lipinski definition) is 2. The quantitative estimate of drug-likeness (QED) is 0.125. The molecule has 0 spiro atoms. The van der Waals surface area contributed by atoms with Crippen molar-refractivity contribution < 1.29 is 4.79 Å². The highest BCUT2D eigenvalue weighted by Gasteiger charge is 2.39. The summed E-state index contributed by atoms with van der Waals surface area (Å²) in [5.74, 6) is 2.42. The molecule has 8 aromatic rings. The maximum absolute atomic E-state index is 16.0. The number of pyridine rings is 2. The second kappa shape index (κ2) is 18.8. The zero-order valence-electron chi connectivity index (χ0n) is 38.8. The van der Waals surface area contributed by atoms with Gasteiger partial charge >= 0.3 is 0 Å². The molecule has 4 aromatic heterocycles. The van der Waals surface area contributed by atoms with Crippen LogP contribution in [0.3, 0.4) is 0 Å². The summed E-state index contributed by atoms with van der Waals surface area (Å²) in [6.45, 7) is 11.7. The number of fused-ring (bicyclic) bond motifs is 4. The molecule has 2 fully saturated rings. The van der Waals surface area contributed by atoms with Crippen molar-refractivity contribution in [2.75, 3.05) is 101 Å². The Kier molecular flexibility index (Phi) is 11.8. The predicted octanol–water partition coefficient (Wildman–Crippen LogP) is 8.57. The molecule has 2 unspecified atom stereocenters. The van der Waals surface area contributed by atoms with Gasteiger partial charge in [-0.25, -0.2) is 9.97 Å². The van der Waals surface area contributed by atoms with E-state index in [1.165, 1.54) is 33.0 Å². The lowest BCUT2D eigenvalue weighted by atomic mass is 9.93. The van der Waals surface area contributed by atoms with Crippen LogP contribution in [0.25, 0.3) is 54.8 Å². The summed E-state index contributed by atoms with van der Waals surface area (Å²) in [5, 5.41) is 4.86. The molecule has 0 aliphatic carbocycles. The van der Waals surface area contributed by atoms with E-state index in [1.807, 2.05) is 0 Å². The van der Waals surface area contributed by atoms with Gasteiger partial charge in [-0.15, -0.1) is 0 Å². The first-order chi connectivity index (χ1) is 33.6. The van der Waals surface area contributed by atoms with Gasteiger partial charge in [-0.1, -0.05) is 84.9 Å². The minimum absolute atomic E-state index is 0.242. The van der Waals surface area contributed by atoms with Crippen LogP contribution in [0.15, 0.2) is 146 Å². The van der Waals surface area contributed by atoms with E-state index in [1.54, 1.807) is 0 Å². The Morgan fingerprint density at radius 1 is 0.485 bits per heavy atom. The summed E-state index contributed by atoms with van der Waals surface area (Å²) >= 11 is 0. The van der Waals surface area contributed by atoms with Gasteiger partial charge in [0.1, 0.15) is 11.6 Å². The number of aromatic amines is 2. The number of rotatable bonds is 12. The third kappa shape index (κ3) is 8.60. The number of aromatic nitrogens is 4. The number of para-hydroxylation sites is 4. The minimum Gasteiger partial charge on any atom is -0.361 e. The first kappa shape index (κ1) is 42.7. The van der Waals surface area contributed by atoms with Crippen molar-refractivity contribution in [3.63, 3.8) is 0 Å². The lowest BCUT2D eigenvalue weighted by Gasteiger charge is -2.44. The molecular formula is C57H60N10O. The molecule has 344 valence electrons. The normalized spacial score (nSPS) is 19.2. The number of piperazine rings is 2. The fourth-order valence-electron chi connectivity index (χ4n) is 11.4. The molecular weight excluding hydrogens is 841 g/mol. The molecule has 68 heavy (non-hydrogen) atoms. The highest BCUT2D eigenvalue weighted by molar-refractivity contribution is 5.95. The average Bonchev–Trinajstić information content (AvgIpc) is 4.05. The number of nitrogens with one attached hydrogen (secondary N) is 2. The zero-order valence-corrected chi connectivity index (χ0v) is 38.8. The lowest BCUT2D eigenvalue weighted by molar-refractivity contribution is -0.131. The maximum atomic E-state index is 16.0. The van der Waals surface area contributed by atoms with Crippen molar-refractivity contribution in [2.45, 2.75) is 24.9 Å². The Hall–Kier alpha value is -6.63. The largest absolute Gasteiger partial charge is 0.361 e. The molecule has 0 bridgehead atoms. The number of nitrogens with zero attached hydrogens (tertiary/aromatic N) is 8. The topological polar surface area (TPSA) is 93.9 Å². The molecule has 0 radical (unpaired) electrons. The molecule has 0 saturated carbocycles. The Balaban J connectivity index is 0.818. The molecule has 4 aromatic carbocycles. The fraction of sp³-hybridized carbons (Fsp3) is 0.316. The summed E-state index contributed by atoms with van der Waals surface area (Å²) < 4.78 is 0. The van der Waals surface area contributed by atoms with Gasteiger partial charge in [0.25, 0.3) is 0 Å². The van der Waals surface area contributed by atoms with Crippen LogP contribution < -0.4 is 9.80 Å². The molecule has 4 aliphatic heterocycles. The first-order valence-corrected chi connectivity index (χ1v) is 24.8. The summed E-state index contributed by atoms with van der Waals surface area (Å²) in [4.78, 5) is 48.0. The van der Waals surface area contributed by atoms with Gasteiger partial charge in [0, 0.05) is 148 Å². The number of H-pyrrole nitrogens is 2. The van der Waals surface area contributed by atoms with E-state index in [-0.39, 0.29) is 12.1 Å². The van der Waals surface area contributed by atoms with Crippen LogP contribution in [0.1, 0.15) is 24.0 Å². The second-order valence-corrected chi connectivity index (χ2v) is 19.2. The van der Waals surface area contributed by atoms with Crippen LogP contribution in [0.4, 0.5) is 11.6 Å². The summed E-state index contributed by atoms with van der Waals surface area (Å²) in [6.07, 6.45) is 10.9. The van der Waals surface area contributed by atoms with Gasteiger partial charge in [0.15, 0.2) is 5.78 Å². The van der Waals surface area contributed by atoms with E-state index in [2.05, 4.69) is 185 Å². The zero-order chi connectivity index (χ0) is 45.4. The van der Waals surface area contributed by atoms with Gasteiger partial charge in [0.05, 0.1) is 23.1 Å². The van der Waals surface area contributed by atoms with E-state index in [0.29, 0.717) is 5.78 Å². The average molecular weight is 901 g/mol. The summed E-state index contributed by atoms with van der Waals surface area (Å²) in [7, 11) is 0. The minimum atomic E-state index is -0.242. The number of benzene rings is 4. The molecule has 8 heterocycles. The Morgan fingerprint density at radius 3 is 1.35 bits per heavy atom. The fourth-order valence-corrected chi connectivity index (χ4v) is 11.4. The molecule has 11 heteroatoms. The lowest BCUT2D eigenvalue weighted by Crippen LogP contribution is -2.61. The van der Waals surface area contributed by atoms with Crippen LogP contribution in [0.2, 0.25) is 0 Å². The molecule has 4 aliphatic rings. The third-order valence-electron chi connectivity index (χ3n) is 15.3. The highest BCUT2D eigenvalue weighted by Crippen LogP contribution is 2.33. The van der Waals surface area contributed by atoms with E-state index in [4.69, 9.17) is 9.97 Å². The number of ketones is 1.